The minimum atomic E-state index is -0.450. The van der Waals surface area contributed by atoms with Crippen LogP contribution in [-0.2, 0) is 11.4 Å². The molecule has 1 heterocycles. The number of carbonyl (C=O) groups excluding carboxylic acids is 1. The molecule has 184 valence electrons. The Labute approximate surface area is 221 Å². The van der Waals surface area contributed by atoms with Crippen LogP contribution in [0.15, 0.2) is 70.6 Å². The number of halogens is 2. The first-order valence-corrected chi connectivity index (χ1v) is 12.3. The molecular formula is C25H19Cl2N3O5S. The number of carbonyl (C=O) groups is 1. The Morgan fingerprint density at radius 1 is 1.08 bits per heavy atom. The number of amidine groups is 1. The van der Waals surface area contributed by atoms with Gasteiger partial charge in [-0.2, -0.15) is 0 Å². The van der Waals surface area contributed by atoms with Crippen molar-refractivity contribution in [2.24, 2.45) is 4.99 Å². The zero-order valence-corrected chi connectivity index (χ0v) is 21.2. The van der Waals surface area contributed by atoms with E-state index in [4.69, 9.17) is 32.7 Å². The molecule has 3 aromatic rings. The second-order valence-corrected chi connectivity index (χ2v) is 9.23. The molecular weight excluding hydrogens is 525 g/mol. The standard InChI is InChI=1S/C25H19Cl2N3O5S/c1-2-34-21-12-15(9-10-20(21)35-14-16-5-3-6-17(11-16)30(32)33)13-22-24(31)29-25(36-22)28-19-8-4-7-18(26)23(19)27/h3-13H,2,14H2,1H3,(H,28,29,31)/b22-13+. The monoisotopic (exact) mass is 543 g/mol. The number of benzene rings is 3. The molecule has 36 heavy (non-hydrogen) atoms. The predicted molar refractivity (Wildman–Crippen MR) is 142 cm³/mol. The third-order valence-electron chi connectivity index (χ3n) is 4.89. The molecule has 0 aliphatic carbocycles. The molecule has 1 fully saturated rings. The summed E-state index contributed by atoms with van der Waals surface area (Å²) in [5.74, 6) is 0.674. The number of aliphatic imine (C=N–C) groups is 1. The van der Waals surface area contributed by atoms with E-state index in [1.165, 1.54) is 23.9 Å². The molecule has 0 atom stereocenters. The van der Waals surface area contributed by atoms with Crippen molar-refractivity contribution in [1.29, 1.82) is 0 Å². The number of nitro benzene ring substituents is 1. The summed E-state index contributed by atoms with van der Waals surface area (Å²) in [6.07, 6.45) is 1.72. The Hall–Kier alpha value is -3.53. The van der Waals surface area contributed by atoms with Gasteiger partial charge in [-0.3, -0.25) is 14.9 Å². The summed E-state index contributed by atoms with van der Waals surface area (Å²) >= 11 is 13.4. The number of nitro groups is 1. The van der Waals surface area contributed by atoms with Gasteiger partial charge in [-0.15, -0.1) is 0 Å². The fraction of sp³-hybridized carbons (Fsp3) is 0.120. The van der Waals surface area contributed by atoms with Crippen molar-refractivity contribution in [2.45, 2.75) is 13.5 Å². The Kier molecular flexibility index (Phi) is 8.14. The normalized spacial score (nSPS) is 15.2. The third kappa shape index (κ3) is 6.17. The molecule has 4 rings (SSSR count). The van der Waals surface area contributed by atoms with Gasteiger partial charge in [0.25, 0.3) is 11.6 Å². The van der Waals surface area contributed by atoms with Gasteiger partial charge < -0.3 is 14.8 Å². The molecule has 0 spiro atoms. The van der Waals surface area contributed by atoms with Crippen molar-refractivity contribution >= 4 is 63.5 Å². The number of amides is 1. The Balaban J connectivity index is 1.52. The van der Waals surface area contributed by atoms with Crippen molar-refractivity contribution in [3.63, 3.8) is 0 Å². The van der Waals surface area contributed by atoms with Gasteiger partial charge in [-0.1, -0.05) is 47.5 Å². The van der Waals surface area contributed by atoms with Crippen LogP contribution < -0.4 is 14.8 Å². The van der Waals surface area contributed by atoms with E-state index in [0.717, 1.165) is 5.56 Å². The molecule has 0 saturated carbocycles. The second kappa shape index (κ2) is 11.5. The lowest BCUT2D eigenvalue weighted by atomic mass is 10.1. The summed E-state index contributed by atoms with van der Waals surface area (Å²) in [6, 6.07) is 16.6. The minimum absolute atomic E-state index is 0.00372. The van der Waals surface area contributed by atoms with E-state index in [-0.39, 0.29) is 18.2 Å². The number of hydrogen-bond donors (Lipinski definition) is 1. The number of rotatable bonds is 8. The third-order valence-corrected chi connectivity index (χ3v) is 6.60. The predicted octanol–water partition coefficient (Wildman–Crippen LogP) is 6.77. The van der Waals surface area contributed by atoms with Crippen molar-refractivity contribution in [1.82, 2.24) is 5.32 Å². The molecule has 1 amide bonds. The summed E-state index contributed by atoms with van der Waals surface area (Å²) < 4.78 is 11.6. The lowest BCUT2D eigenvalue weighted by Crippen LogP contribution is -2.19. The molecule has 1 saturated heterocycles. The number of ether oxygens (including phenoxy) is 2. The number of nitrogens with one attached hydrogen (secondary N) is 1. The topological polar surface area (TPSA) is 103 Å². The van der Waals surface area contributed by atoms with E-state index in [1.54, 1.807) is 54.6 Å². The van der Waals surface area contributed by atoms with Crippen molar-refractivity contribution in [3.05, 3.63) is 96.9 Å². The first kappa shape index (κ1) is 25.6. The van der Waals surface area contributed by atoms with Gasteiger partial charge in [-0.25, -0.2) is 4.99 Å². The van der Waals surface area contributed by atoms with Crippen LogP contribution in [0.5, 0.6) is 11.5 Å². The Morgan fingerprint density at radius 3 is 2.67 bits per heavy atom. The fourth-order valence-electron chi connectivity index (χ4n) is 3.24. The molecule has 1 N–H and O–H groups in total. The van der Waals surface area contributed by atoms with Gasteiger partial charge in [-0.05, 0) is 60.2 Å². The van der Waals surface area contributed by atoms with E-state index < -0.39 is 4.92 Å². The summed E-state index contributed by atoms with van der Waals surface area (Å²) in [4.78, 5) is 27.9. The molecule has 0 bridgehead atoms. The van der Waals surface area contributed by atoms with E-state index in [1.807, 2.05) is 6.92 Å². The number of nitrogens with zero attached hydrogens (tertiary/aromatic N) is 2. The van der Waals surface area contributed by atoms with Gasteiger partial charge in [0.15, 0.2) is 16.7 Å². The van der Waals surface area contributed by atoms with E-state index in [0.29, 0.717) is 49.5 Å². The van der Waals surface area contributed by atoms with Crippen molar-refractivity contribution in [2.75, 3.05) is 6.61 Å². The van der Waals surface area contributed by atoms with Crippen LogP contribution in [0.3, 0.4) is 0 Å². The molecule has 3 aromatic carbocycles. The summed E-state index contributed by atoms with van der Waals surface area (Å²) in [5, 5.41) is 14.8. The molecule has 11 heteroatoms. The van der Waals surface area contributed by atoms with Crippen molar-refractivity contribution in [3.8, 4) is 11.5 Å². The largest absolute Gasteiger partial charge is 0.490 e. The maximum atomic E-state index is 12.5. The van der Waals surface area contributed by atoms with Gasteiger partial charge >= 0.3 is 0 Å². The SMILES string of the molecule is CCOc1cc(/C=C2/SC(=Nc3cccc(Cl)c3Cl)NC2=O)ccc1OCc1cccc([N+](=O)[O-])c1. The zero-order valence-electron chi connectivity index (χ0n) is 18.9. The lowest BCUT2D eigenvalue weighted by molar-refractivity contribution is -0.384. The fourth-order valence-corrected chi connectivity index (χ4v) is 4.42. The van der Waals surface area contributed by atoms with Gasteiger partial charge in [0.1, 0.15) is 6.61 Å². The zero-order chi connectivity index (χ0) is 25.7. The van der Waals surface area contributed by atoms with Gasteiger partial charge in [0.05, 0.1) is 32.2 Å². The quantitative estimate of drug-likeness (QED) is 0.191. The molecule has 8 nitrogen and oxygen atoms in total. The lowest BCUT2D eigenvalue weighted by Gasteiger charge is -2.13. The van der Waals surface area contributed by atoms with Crippen LogP contribution in [-0.4, -0.2) is 22.6 Å². The minimum Gasteiger partial charge on any atom is -0.490 e. The molecule has 1 aliphatic heterocycles. The highest BCUT2D eigenvalue weighted by atomic mass is 35.5. The molecule has 0 aromatic heterocycles. The number of thioether (sulfide) groups is 1. The number of hydrogen-bond acceptors (Lipinski definition) is 7. The van der Waals surface area contributed by atoms with Crippen LogP contribution in [0.1, 0.15) is 18.1 Å². The first-order chi connectivity index (χ1) is 17.3. The average molecular weight is 544 g/mol. The summed E-state index contributed by atoms with van der Waals surface area (Å²) in [5.41, 5.74) is 1.83. The Bertz CT molecular complexity index is 1390. The van der Waals surface area contributed by atoms with Gasteiger partial charge in [0, 0.05) is 12.1 Å². The average Bonchev–Trinajstić information content (AvgIpc) is 3.20. The summed E-state index contributed by atoms with van der Waals surface area (Å²) in [6.45, 7) is 2.38. The first-order valence-electron chi connectivity index (χ1n) is 10.7. The highest BCUT2D eigenvalue weighted by molar-refractivity contribution is 8.18. The highest BCUT2D eigenvalue weighted by Crippen LogP contribution is 2.36. The van der Waals surface area contributed by atoms with Crippen LogP contribution in [0.25, 0.3) is 6.08 Å². The van der Waals surface area contributed by atoms with Gasteiger partial charge in [0.2, 0.25) is 0 Å². The van der Waals surface area contributed by atoms with Crippen LogP contribution in [0, 0.1) is 10.1 Å². The smallest absolute Gasteiger partial charge is 0.269 e. The summed E-state index contributed by atoms with van der Waals surface area (Å²) in [7, 11) is 0. The van der Waals surface area contributed by atoms with E-state index in [2.05, 4.69) is 10.3 Å². The van der Waals surface area contributed by atoms with Crippen LogP contribution in [0.2, 0.25) is 10.0 Å². The molecule has 0 unspecified atom stereocenters. The molecule has 1 aliphatic rings. The maximum Gasteiger partial charge on any atom is 0.269 e. The molecule has 0 radical (unpaired) electrons. The van der Waals surface area contributed by atoms with Crippen LogP contribution in [0.4, 0.5) is 11.4 Å². The number of non-ortho nitro benzene ring substituents is 1. The highest BCUT2D eigenvalue weighted by Gasteiger charge is 2.24. The van der Waals surface area contributed by atoms with Crippen molar-refractivity contribution < 1.29 is 19.2 Å². The van der Waals surface area contributed by atoms with E-state index in [9.17, 15) is 14.9 Å². The second-order valence-electron chi connectivity index (χ2n) is 7.41. The van der Waals surface area contributed by atoms with E-state index >= 15 is 0 Å². The Morgan fingerprint density at radius 2 is 1.89 bits per heavy atom. The maximum absolute atomic E-state index is 12.5. The van der Waals surface area contributed by atoms with Crippen LogP contribution >= 0.6 is 35.0 Å².